The lowest BCUT2D eigenvalue weighted by molar-refractivity contribution is 0.100. The fourth-order valence-corrected chi connectivity index (χ4v) is 1.71. The molecule has 0 aliphatic heterocycles. The van der Waals surface area contributed by atoms with Crippen LogP contribution in [0, 0.1) is 6.92 Å². The minimum atomic E-state index is -0.412. The van der Waals surface area contributed by atoms with E-state index < -0.39 is 5.91 Å². The lowest BCUT2D eigenvalue weighted by Gasteiger charge is -2.05. The van der Waals surface area contributed by atoms with Gasteiger partial charge in [-0.15, -0.1) is 0 Å². The molecule has 0 saturated carbocycles. The molecule has 1 aromatic carbocycles. The van der Waals surface area contributed by atoms with Crippen molar-refractivity contribution in [3.05, 3.63) is 59.4 Å². The van der Waals surface area contributed by atoms with Crippen LogP contribution in [0.5, 0.6) is 5.75 Å². The van der Waals surface area contributed by atoms with E-state index in [4.69, 9.17) is 10.5 Å². The summed E-state index contributed by atoms with van der Waals surface area (Å²) in [5, 5.41) is 0. The fraction of sp³-hybridized carbons (Fsp3) is 0.133. The molecule has 1 aromatic heterocycles. The predicted molar refractivity (Wildman–Crippen MR) is 77.0 cm³/mol. The number of carbonyl (C=O) groups excluding carboxylic acids is 1. The van der Waals surface area contributed by atoms with Crippen molar-refractivity contribution in [1.29, 1.82) is 0 Å². The number of hydrogen-bond acceptors (Lipinski definition) is 3. The normalized spacial score (nSPS) is 11.2. The Bertz CT molecular complexity index is 651. The van der Waals surface area contributed by atoms with Gasteiger partial charge < -0.3 is 10.5 Å². The van der Waals surface area contributed by atoms with E-state index in [1.807, 2.05) is 13.0 Å². The van der Waals surface area contributed by atoms with E-state index in [0.717, 1.165) is 5.56 Å². The number of pyridine rings is 1. The van der Waals surface area contributed by atoms with Crippen LogP contribution in [0.1, 0.15) is 21.5 Å². The molecule has 0 radical (unpaired) electrons. The van der Waals surface area contributed by atoms with Gasteiger partial charge in [0.25, 0.3) is 5.91 Å². The van der Waals surface area contributed by atoms with Crippen LogP contribution in [0.15, 0.2) is 47.7 Å². The number of hydrogen-bond donors (Lipinski definition) is 1. The number of nitrogens with zero attached hydrogens (tertiary/aromatic N) is 2. The van der Waals surface area contributed by atoms with Gasteiger partial charge >= 0.3 is 0 Å². The molecule has 0 saturated heterocycles. The third-order valence-corrected chi connectivity index (χ3v) is 2.83. The monoisotopic (exact) mass is 269 g/mol. The van der Waals surface area contributed by atoms with Crippen molar-refractivity contribution >= 4 is 11.7 Å². The molecule has 5 heteroatoms. The molecule has 0 aliphatic carbocycles. The SMILES string of the molecule is COc1cc(C(=O)N=C(N)c2cccnc2)ccc1C. The highest BCUT2D eigenvalue weighted by Crippen LogP contribution is 2.19. The smallest absolute Gasteiger partial charge is 0.279 e. The van der Waals surface area contributed by atoms with Gasteiger partial charge in [0.15, 0.2) is 0 Å². The van der Waals surface area contributed by atoms with E-state index in [1.54, 1.807) is 43.8 Å². The van der Waals surface area contributed by atoms with E-state index in [1.165, 1.54) is 0 Å². The largest absolute Gasteiger partial charge is 0.496 e. The van der Waals surface area contributed by atoms with Crippen LogP contribution in [0.25, 0.3) is 0 Å². The Morgan fingerprint density at radius 1 is 1.30 bits per heavy atom. The van der Waals surface area contributed by atoms with Crippen LogP contribution < -0.4 is 10.5 Å². The van der Waals surface area contributed by atoms with Crippen molar-refractivity contribution in [2.45, 2.75) is 6.92 Å². The lowest BCUT2D eigenvalue weighted by atomic mass is 10.1. The molecule has 0 bridgehead atoms. The van der Waals surface area contributed by atoms with Crippen molar-refractivity contribution in [3.8, 4) is 5.75 Å². The number of carbonyl (C=O) groups is 1. The summed E-state index contributed by atoms with van der Waals surface area (Å²) in [6.07, 6.45) is 3.19. The van der Waals surface area contributed by atoms with Gasteiger partial charge in [0.1, 0.15) is 11.6 Å². The molecule has 2 N–H and O–H groups in total. The van der Waals surface area contributed by atoms with Gasteiger partial charge in [-0.1, -0.05) is 6.07 Å². The van der Waals surface area contributed by atoms with Crippen molar-refractivity contribution in [3.63, 3.8) is 0 Å². The first-order valence-corrected chi connectivity index (χ1v) is 6.05. The number of amidine groups is 1. The van der Waals surface area contributed by atoms with Crippen molar-refractivity contribution < 1.29 is 9.53 Å². The third-order valence-electron chi connectivity index (χ3n) is 2.83. The summed E-state index contributed by atoms with van der Waals surface area (Å²) in [6.45, 7) is 1.90. The maximum absolute atomic E-state index is 12.1. The van der Waals surface area contributed by atoms with Crippen molar-refractivity contribution in [2.75, 3.05) is 7.11 Å². The zero-order chi connectivity index (χ0) is 14.5. The predicted octanol–water partition coefficient (Wildman–Crippen LogP) is 1.94. The van der Waals surface area contributed by atoms with Crippen LogP contribution in [0.2, 0.25) is 0 Å². The average molecular weight is 269 g/mol. The Kier molecular flexibility index (Phi) is 4.10. The minimum absolute atomic E-state index is 0.141. The van der Waals surface area contributed by atoms with Gasteiger partial charge in [-0.2, -0.15) is 4.99 Å². The van der Waals surface area contributed by atoms with Gasteiger partial charge in [-0.05, 0) is 36.8 Å². The molecule has 0 aliphatic rings. The second-order valence-electron chi connectivity index (χ2n) is 4.23. The minimum Gasteiger partial charge on any atom is -0.496 e. The second-order valence-corrected chi connectivity index (χ2v) is 4.23. The lowest BCUT2D eigenvalue weighted by Crippen LogP contribution is -2.16. The molecule has 2 rings (SSSR count). The number of aromatic nitrogens is 1. The van der Waals surface area contributed by atoms with Gasteiger partial charge in [0, 0.05) is 23.5 Å². The van der Waals surface area contributed by atoms with Gasteiger partial charge in [0.2, 0.25) is 0 Å². The van der Waals surface area contributed by atoms with E-state index in [2.05, 4.69) is 9.98 Å². The van der Waals surface area contributed by atoms with Crippen LogP contribution in [-0.2, 0) is 0 Å². The fourth-order valence-electron chi connectivity index (χ4n) is 1.71. The molecule has 0 atom stereocenters. The molecule has 2 aromatic rings. The summed E-state index contributed by atoms with van der Waals surface area (Å²) in [6, 6.07) is 8.63. The molecular formula is C15H15N3O2. The van der Waals surface area contributed by atoms with Gasteiger partial charge in [-0.3, -0.25) is 9.78 Å². The van der Waals surface area contributed by atoms with Gasteiger partial charge in [-0.25, -0.2) is 0 Å². The number of rotatable bonds is 3. The molecule has 0 fully saturated rings. The number of amides is 1. The number of aryl methyl sites for hydroxylation is 1. The Hall–Kier alpha value is -2.69. The topological polar surface area (TPSA) is 77.6 Å². The Morgan fingerprint density at radius 2 is 2.10 bits per heavy atom. The van der Waals surface area contributed by atoms with Crippen LogP contribution >= 0.6 is 0 Å². The van der Waals surface area contributed by atoms with Crippen molar-refractivity contribution in [2.24, 2.45) is 10.7 Å². The van der Waals surface area contributed by atoms with E-state index in [9.17, 15) is 4.79 Å². The zero-order valence-electron chi connectivity index (χ0n) is 11.3. The van der Waals surface area contributed by atoms with E-state index in [-0.39, 0.29) is 5.84 Å². The van der Waals surface area contributed by atoms with Gasteiger partial charge in [0.05, 0.1) is 7.11 Å². The number of aliphatic imine (C=N–C) groups is 1. The molecule has 1 amide bonds. The molecule has 1 heterocycles. The first kappa shape index (κ1) is 13.7. The quantitative estimate of drug-likeness (QED) is 0.682. The maximum atomic E-state index is 12.1. The molecule has 0 spiro atoms. The first-order chi connectivity index (χ1) is 9.61. The summed E-state index contributed by atoms with van der Waals surface area (Å²) in [5.74, 6) is 0.373. The number of ether oxygens (including phenoxy) is 1. The van der Waals surface area contributed by atoms with E-state index >= 15 is 0 Å². The summed E-state index contributed by atoms with van der Waals surface area (Å²) >= 11 is 0. The number of nitrogens with two attached hydrogens (primary N) is 1. The molecule has 102 valence electrons. The highest BCUT2D eigenvalue weighted by molar-refractivity contribution is 6.08. The third kappa shape index (κ3) is 3.00. The Morgan fingerprint density at radius 3 is 2.75 bits per heavy atom. The van der Waals surface area contributed by atoms with E-state index in [0.29, 0.717) is 16.9 Å². The van der Waals surface area contributed by atoms with Crippen molar-refractivity contribution in [1.82, 2.24) is 4.98 Å². The van der Waals surface area contributed by atoms with Crippen LogP contribution in [0.4, 0.5) is 0 Å². The summed E-state index contributed by atoms with van der Waals surface area (Å²) < 4.78 is 5.18. The maximum Gasteiger partial charge on any atom is 0.279 e. The highest BCUT2D eigenvalue weighted by Gasteiger charge is 2.09. The first-order valence-electron chi connectivity index (χ1n) is 6.05. The summed E-state index contributed by atoms with van der Waals surface area (Å²) in [7, 11) is 1.56. The molecule has 20 heavy (non-hydrogen) atoms. The Balaban J connectivity index is 2.28. The number of benzene rings is 1. The Labute approximate surface area is 117 Å². The van der Waals surface area contributed by atoms with Crippen LogP contribution in [-0.4, -0.2) is 23.8 Å². The standard InChI is InChI=1S/C15H15N3O2/c1-10-5-6-11(8-13(10)20-2)15(19)18-14(16)12-4-3-7-17-9-12/h3-9H,1-2H3,(H2,16,18,19). The summed E-state index contributed by atoms with van der Waals surface area (Å²) in [4.78, 5) is 19.9. The average Bonchev–Trinajstić information content (AvgIpc) is 2.48. The molecule has 5 nitrogen and oxygen atoms in total. The molecule has 0 unspecified atom stereocenters. The summed E-state index contributed by atoms with van der Waals surface area (Å²) in [5.41, 5.74) is 7.78. The highest BCUT2D eigenvalue weighted by atomic mass is 16.5. The zero-order valence-corrected chi connectivity index (χ0v) is 11.3. The molecular weight excluding hydrogens is 254 g/mol. The number of methoxy groups -OCH3 is 1. The second kappa shape index (κ2) is 5.97. The van der Waals surface area contributed by atoms with Crippen LogP contribution in [0.3, 0.4) is 0 Å².